The Balaban J connectivity index is 1.91. The number of nitrogens with zero attached hydrogens (tertiary/aromatic N) is 5. The summed E-state index contributed by atoms with van der Waals surface area (Å²) in [5, 5.41) is 9.68. The van der Waals surface area contributed by atoms with Crippen molar-refractivity contribution in [3.05, 3.63) is 65.6 Å². The lowest BCUT2D eigenvalue weighted by Crippen LogP contribution is -2.25. The average molecular weight is 443 g/mol. The Morgan fingerprint density at radius 1 is 1.16 bits per heavy atom. The predicted molar refractivity (Wildman–Crippen MR) is 109 cm³/mol. The molecule has 0 aliphatic rings. The van der Waals surface area contributed by atoms with Gasteiger partial charge in [0.1, 0.15) is 5.52 Å². The lowest BCUT2D eigenvalue weighted by Gasteiger charge is -2.14. The van der Waals surface area contributed by atoms with Gasteiger partial charge >= 0.3 is 6.36 Å². The van der Waals surface area contributed by atoms with E-state index < -0.39 is 23.8 Å². The van der Waals surface area contributed by atoms with Gasteiger partial charge in [0.25, 0.3) is 5.56 Å². The van der Waals surface area contributed by atoms with E-state index in [9.17, 15) is 23.1 Å². The summed E-state index contributed by atoms with van der Waals surface area (Å²) in [6, 6.07) is 6.87. The van der Waals surface area contributed by atoms with Crippen molar-refractivity contribution in [2.75, 3.05) is 6.61 Å². The maximum Gasteiger partial charge on any atom is 0.574 e. The molecule has 0 spiro atoms. The highest BCUT2D eigenvalue weighted by Gasteiger charge is 2.31. The van der Waals surface area contributed by atoms with Crippen molar-refractivity contribution in [3.63, 3.8) is 0 Å². The summed E-state index contributed by atoms with van der Waals surface area (Å²) in [5.41, 5.74) is 1.59. The molecule has 0 saturated carbocycles. The van der Waals surface area contributed by atoms with Crippen LogP contribution in [0.5, 0.6) is 5.88 Å². The van der Waals surface area contributed by atoms with Gasteiger partial charge in [-0.15, -0.1) is 13.2 Å². The van der Waals surface area contributed by atoms with Crippen LogP contribution >= 0.6 is 0 Å². The molecule has 0 fully saturated rings. The Hall–Kier alpha value is -3.86. The van der Waals surface area contributed by atoms with Crippen molar-refractivity contribution in [1.82, 2.24) is 24.5 Å². The Labute approximate surface area is 179 Å². The van der Waals surface area contributed by atoms with Crippen molar-refractivity contribution in [1.29, 1.82) is 0 Å². The molecule has 164 valence electrons. The molecule has 4 heterocycles. The molecule has 0 aliphatic heterocycles. The number of hydrogen-bond donors (Lipinski definition) is 1. The Kier molecular flexibility index (Phi) is 5.57. The molecule has 1 atom stereocenters. The van der Waals surface area contributed by atoms with Crippen molar-refractivity contribution >= 4 is 10.9 Å². The van der Waals surface area contributed by atoms with E-state index in [2.05, 4.69) is 24.7 Å². The first-order valence-electron chi connectivity index (χ1n) is 9.42. The number of ether oxygens (including phenoxy) is 1. The van der Waals surface area contributed by atoms with Crippen molar-refractivity contribution in [3.8, 4) is 28.4 Å². The van der Waals surface area contributed by atoms with Gasteiger partial charge < -0.3 is 9.84 Å². The minimum atomic E-state index is -4.86. The topological polar surface area (TPSA) is 103 Å². The zero-order valence-electron chi connectivity index (χ0n) is 16.6. The van der Waals surface area contributed by atoms with Crippen LogP contribution in [0.1, 0.15) is 13.0 Å². The maximum absolute atomic E-state index is 13.1. The molecule has 0 bridgehead atoms. The van der Waals surface area contributed by atoms with Gasteiger partial charge in [-0.05, 0) is 31.2 Å². The van der Waals surface area contributed by atoms with Crippen molar-refractivity contribution in [2.24, 2.45) is 0 Å². The highest BCUT2D eigenvalue weighted by Crippen LogP contribution is 2.29. The number of rotatable bonds is 5. The summed E-state index contributed by atoms with van der Waals surface area (Å²) in [6.07, 6.45) is 0.810. The fourth-order valence-corrected chi connectivity index (χ4v) is 3.11. The molecule has 4 rings (SSSR count). The van der Waals surface area contributed by atoms with Crippen LogP contribution in [0.3, 0.4) is 0 Å². The first-order valence-corrected chi connectivity index (χ1v) is 9.42. The molecule has 11 heteroatoms. The fraction of sp³-hybridized carbons (Fsp3) is 0.190. The molecule has 32 heavy (non-hydrogen) atoms. The van der Waals surface area contributed by atoms with E-state index in [4.69, 9.17) is 0 Å². The van der Waals surface area contributed by atoms with Crippen molar-refractivity contribution < 1.29 is 23.0 Å². The monoisotopic (exact) mass is 443 g/mol. The summed E-state index contributed by atoms with van der Waals surface area (Å²) in [7, 11) is 0. The quantitative estimate of drug-likeness (QED) is 0.504. The number of aliphatic hydroxyl groups excluding tert-OH is 1. The van der Waals surface area contributed by atoms with Gasteiger partial charge in [0.05, 0.1) is 35.8 Å². The molecule has 0 saturated heterocycles. The highest BCUT2D eigenvalue weighted by atomic mass is 19.4. The van der Waals surface area contributed by atoms with Gasteiger partial charge in [0, 0.05) is 35.8 Å². The van der Waals surface area contributed by atoms with Gasteiger partial charge in [-0.1, -0.05) is 0 Å². The third-order valence-electron chi connectivity index (χ3n) is 4.70. The molecule has 0 aromatic carbocycles. The number of fused-ring (bicyclic) bond motifs is 1. The molecule has 4 aromatic rings. The third-order valence-corrected chi connectivity index (χ3v) is 4.70. The number of aliphatic hydroxyl groups is 1. The van der Waals surface area contributed by atoms with E-state index in [1.807, 2.05) is 0 Å². The lowest BCUT2D eigenvalue weighted by atomic mass is 10.1. The second kappa shape index (κ2) is 8.35. The van der Waals surface area contributed by atoms with E-state index >= 15 is 0 Å². The van der Waals surface area contributed by atoms with Crippen LogP contribution in [-0.4, -0.2) is 42.6 Å². The van der Waals surface area contributed by atoms with E-state index in [1.54, 1.807) is 31.5 Å². The summed E-state index contributed by atoms with van der Waals surface area (Å²) < 4.78 is 42.3. The standard InChI is InChI=1S/C21H16F3N5O3/c1-12(10-30)29-11-27-19-15(20(29)31)7-16(28-18(19)14-3-2-6-25-8-14)13-4-5-17(26-9-13)32-21(22,23)24/h2-9,11-12,30H,10H2,1H3. The van der Waals surface area contributed by atoms with Crippen LogP contribution in [0.4, 0.5) is 13.2 Å². The zero-order chi connectivity index (χ0) is 22.9. The Bertz CT molecular complexity index is 1310. The van der Waals surface area contributed by atoms with Crippen LogP contribution < -0.4 is 10.3 Å². The minimum Gasteiger partial charge on any atom is -0.394 e. The third kappa shape index (κ3) is 4.28. The van der Waals surface area contributed by atoms with E-state index in [0.717, 1.165) is 6.07 Å². The second-order valence-electron chi connectivity index (χ2n) is 6.92. The van der Waals surface area contributed by atoms with Crippen LogP contribution in [0.15, 0.2) is 60.0 Å². The largest absolute Gasteiger partial charge is 0.574 e. The van der Waals surface area contributed by atoms with Crippen LogP contribution in [-0.2, 0) is 0 Å². The van der Waals surface area contributed by atoms with E-state index in [-0.39, 0.29) is 12.0 Å². The number of hydrogen-bond acceptors (Lipinski definition) is 7. The van der Waals surface area contributed by atoms with Crippen LogP contribution in [0, 0.1) is 0 Å². The summed E-state index contributed by atoms with van der Waals surface area (Å²) >= 11 is 0. The van der Waals surface area contributed by atoms with E-state index in [1.165, 1.54) is 29.2 Å². The average Bonchev–Trinajstić information content (AvgIpc) is 2.78. The fourth-order valence-electron chi connectivity index (χ4n) is 3.11. The van der Waals surface area contributed by atoms with Gasteiger partial charge in [-0.2, -0.15) is 0 Å². The zero-order valence-corrected chi connectivity index (χ0v) is 16.6. The van der Waals surface area contributed by atoms with E-state index in [0.29, 0.717) is 28.0 Å². The molecule has 4 aromatic heterocycles. The van der Waals surface area contributed by atoms with Gasteiger partial charge in [0.15, 0.2) is 0 Å². The SMILES string of the molecule is CC(CO)n1cnc2c(-c3cccnc3)nc(-c3ccc(OC(F)(F)F)nc3)cc2c1=O. The number of aromatic nitrogens is 5. The molecule has 0 radical (unpaired) electrons. The van der Waals surface area contributed by atoms with Crippen molar-refractivity contribution in [2.45, 2.75) is 19.3 Å². The number of halogens is 3. The highest BCUT2D eigenvalue weighted by molar-refractivity contribution is 5.93. The molecule has 1 N–H and O–H groups in total. The first-order chi connectivity index (χ1) is 15.3. The lowest BCUT2D eigenvalue weighted by molar-refractivity contribution is -0.276. The molecule has 1 unspecified atom stereocenters. The Morgan fingerprint density at radius 3 is 2.59 bits per heavy atom. The Morgan fingerprint density at radius 2 is 1.97 bits per heavy atom. The second-order valence-corrected chi connectivity index (χ2v) is 6.92. The van der Waals surface area contributed by atoms with Gasteiger partial charge in [0.2, 0.25) is 5.88 Å². The number of alkyl halides is 3. The molecule has 0 amide bonds. The minimum absolute atomic E-state index is 0.229. The summed E-state index contributed by atoms with van der Waals surface area (Å²) in [6.45, 7) is 1.41. The summed E-state index contributed by atoms with van der Waals surface area (Å²) in [4.78, 5) is 29.8. The normalized spacial score (nSPS) is 12.7. The molecular formula is C21H16F3N5O3. The molecular weight excluding hydrogens is 427 g/mol. The smallest absolute Gasteiger partial charge is 0.394 e. The first kappa shape index (κ1) is 21.4. The van der Waals surface area contributed by atoms with Crippen LogP contribution in [0.25, 0.3) is 33.4 Å². The maximum atomic E-state index is 13.1. The predicted octanol–water partition coefficient (Wildman–Crippen LogP) is 3.37. The van der Waals surface area contributed by atoms with Gasteiger partial charge in [-0.25, -0.2) is 15.0 Å². The number of pyridine rings is 3. The molecule has 8 nitrogen and oxygen atoms in total. The van der Waals surface area contributed by atoms with Crippen LogP contribution in [0.2, 0.25) is 0 Å². The molecule has 0 aliphatic carbocycles. The van der Waals surface area contributed by atoms with Gasteiger partial charge in [-0.3, -0.25) is 14.3 Å². The summed E-state index contributed by atoms with van der Waals surface area (Å²) in [5.74, 6) is -0.615.